The van der Waals surface area contributed by atoms with E-state index in [1.807, 2.05) is 0 Å². The number of aromatic hydroxyl groups is 1. The molecule has 0 bridgehead atoms. The molecule has 3 N–H and O–H groups in total. The highest BCUT2D eigenvalue weighted by Crippen LogP contribution is 2.40. The van der Waals surface area contributed by atoms with Crippen molar-refractivity contribution in [1.29, 1.82) is 0 Å². The number of likely N-dealkylation sites (N-methyl/N-ethyl adjacent to an activating group) is 1. The summed E-state index contributed by atoms with van der Waals surface area (Å²) in [5, 5.41) is 22.9. The fraction of sp³-hybridized carbons (Fsp3) is 0.314. The molecule has 0 saturated heterocycles. The number of hydrogen-bond acceptors (Lipinski definition) is 10. The lowest BCUT2D eigenvalue weighted by Gasteiger charge is -2.30. The first-order valence-electron chi connectivity index (χ1n) is 15.7. The van der Waals surface area contributed by atoms with Crippen LogP contribution in [0.25, 0.3) is 10.9 Å². The molecule has 3 atom stereocenters. The Morgan fingerprint density at radius 2 is 1.82 bits per heavy atom. The number of aromatic nitrogens is 1. The second-order valence-electron chi connectivity index (χ2n) is 11.8. The molecule has 3 aromatic carbocycles. The van der Waals surface area contributed by atoms with Crippen LogP contribution in [-0.2, 0) is 27.4 Å². The zero-order valence-corrected chi connectivity index (χ0v) is 27.6. The van der Waals surface area contributed by atoms with Crippen molar-refractivity contribution in [3.8, 4) is 11.5 Å². The first-order chi connectivity index (χ1) is 23.4. The van der Waals surface area contributed by atoms with Gasteiger partial charge in [0, 0.05) is 43.8 Å². The average Bonchev–Trinajstić information content (AvgIpc) is 3.40. The Hall–Kier alpha value is -5.15. The number of esters is 1. The highest BCUT2D eigenvalue weighted by Gasteiger charge is 2.39. The van der Waals surface area contributed by atoms with Gasteiger partial charge in [-0.2, -0.15) is 0 Å². The minimum atomic E-state index is -1.33. The number of hydroxylamine groups is 2. The maximum absolute atomic E-state index is 14.1. The summed E-state index contributed by atoms with van der Waals surface area (Å²) < 4.78 is 24.5. The van der Waals surface area contributed by atoms with Gasteiger partial charge in [-0.25, -0.2) is 4.39 Å². The summed E-state index contributed by atoms with van der Waals surface area (Å²) in [5.74, 6) is -1.95. The summed E-state index contributed by atoms with van der Waals surface area (Å²) in [5.41, 5.74) is 4.03. The first kappa shape index (κ1) is 35.2. The van der Waals surface area contributed by atoms with Crippen molar-refractivity contribution in [3.63, 3.8) is 0 Å². The lowest BCUT2D eigenvalue weighted by atomic mass is 9.95. The third-order valence-corrected chi connectivity index (χ3v) is 7.94. The zero-order valence-electron chi connectivity index (χ0n) is 27.6. The van der Waals surface area contributed by atoms with Gasteiger partial charge in [-0.15, -0.1) is 5.21 Å². The fourth-order valence-electron chi connectivity index (χ4n) is 5.64. The SMILES string of the molecule is CCOC(=O)[C@H](C)N[N+](O)(CO[C@H](C)CN(C)C(=O)c1c2c(c(O)c3ncccc13)C(=O)N(Cc1ccc(F)cc1)C2)Oc1ccccc1. The molecule has 4 aromatic rings. The number of carbonyl (C=O) groups is 3. The molecule has 0 fully saturated rings. The van der Waals surface area contributed by atoms with E-state index in [4.69, 9.17) is 14.3 Å². The smallest absolute Gasteiger partial charge is 0.328 e. The molecule has 0 spiro atoms. The Morgan fingerprint density at radius 3 is 2.51 bits per heavy atom. The molecule has 2 amide bonds. The van der Waals surface area contributed by atoms with Crippen molar-refractivity contribution in [2.45, 2.75) is 46.0 Å². The Balaban J connectivity index is 1.35. The number of nitrogens with zero attached hydrogens (tertiary/aromatic N) is 4. The normalized spacial score (nSPS) is 15.0. The monoisotopic (exact) mass is 676 g/mol. The number of phenolic OH excluding ortho intramolecular Hbond substituents is 1. The standard InChI is InChI=1S/C35H38FN5O8/c1-5-47-35(45)23(3)38-41(46,49-26-10-7-6-8-11-26)21-48-22(2)18-39(4)33(43)29-27-12-9-17-37-31(27)32(42)30-28(29)20-40(34(30)44)19-24-13-15-25(36)16-14-24/h6-17,22-23,38,46H,5,18-21H2,1-4H3/p+1/t22-,23+,41?/m1/s1. The van der Waals surface area contributed by atoms with Gasteiger partial charge in [0.25, 0.3) is 18.5 Å². The number of pyridine rings is 1. The molecule has 14 heteroatoms. The number of phenols is 1. The summed E-state index contributed by atoms with van der Waals surface area (Å²) in [4.78, 5) is 51.6. The minimum absolute atomic E-state index is 0.00317. The zero-order chi connectivity index (χ0) is 35.3. The Bertz CT molecular complexity index is 1830. The molecule has 0 radical (unpaired) electrons. The summed E-state index contributed by atoms with van der Waals surface area (Å²) in [6.45, 7) is 4.75. The lowest BCUT2D eigenvalue weighted by molar-refractivity contribution is -1.26. The number of rotatable bonds is 14. The van der Waals surface area contributed by atoms with Crippen molar-refractivity contribution in [2.24, 2.45) is 0 Å². The number of ether oxygens (including phenoxy) is 2. The van der Waals surface area contributed by atoms with Crippen LogP contribution in [0.3, 0.4) is 0 Å². The van der Waals surface area contributed by atoms with Crippen LogP contribution in [-0.4, -0.2) is 86.9 Å². The summed E-state index contributed by atoms with van der Waals surface area (Å²) >= 11 is 0. The van der Waals surface area contributed by atoms with Crippen LogP contribution in [0.2, 0.25) is 0 Å². The lowest BCUT2D eigenvalue weighted by Crippen LogP contribution is -2.63. The average molecular weight is 677 g/mol. The molecule has 2 heterocycles. The number of hydrogen-bond donors (Lipinski definition) is 3. The maximum Gasteiger partial charge on any atom is 0.328 e. The number of nitrogens with one attached hydrogen (secondary N) is 1. The molecular formula is C35H39FN5O8+. The molecule has 258 valence electrons. The van der Waals surface area contributed by atoms with Gasteiger partial charge in [-0.1, -0.05) is 41.8 Å². The van der Waals surface area contributed by atoms with Gasteiger partial charge in [0.1, 0.15) is 11.3 Å². The molecule has 0 saturated carbocycles. The molecule has 0 aliphatic carbocycles. The Morgan fingerprint density at radius 1 is 1.10 bits per heavy atom. The van der Waals surface area contributed by atoms with Crippen molar-refractivity contribution < 1.29 is 48.3 Å². The molecule has 5 rings (SSSR count). The summed E-state index contributed by atoms with van der Waals surface area (Å²) in [6.07, 6.45) is 0.801. The van der Waals surface area contributed by atoms with Gasteiger partial charge in [0.05, 0.1) is 28.8 Å². The fourth-order valence-corrected chi connectivity index (χ4v) is 5.64. The van der Waals surface area contributed by atoms with Crippen LogP contribution in [0.15, 0.2) is 72.9 Å². The van der Waals surface area contributed by atoms with Crippen molar-refractivity contribution in [3.05, 3.63) is 101 Å². The molecule has 13 nitrogen and oxygen atoms in total. The molecule has 1 aliphatic heterocycles. The first-order valence-corrected chi connectivity index (χ1v) is 15.7. The van der Waals surface area contributed by atoms with Gasteiger partial charge >= 0.3 is 5.97 Å². The maximum atomic E-state index is 14.1. The van der Waals surface area contributed by atoms with Crippen molar-refractivity contribution >= 4 is 28.7 Å². The largest absolute Gasteiger partial charge is 0.505 e. The highest BCUT2D eigenvalue weighted by molar-refractivity contribution is 6.15. The number of halogens is 1. The van der Waals surface area contributed by atoms with E-state index >= 15 is 0 Å². The topological polar surface area (TPSA) is 151 Å². The van der Waals surface area contributed by atoms with E-state index in [0.717, 1.165) is 0 Å². The number of benzene rings is 3. The molecule has 1 aliphatic rings. The second-order valence-corrected chi connectivity index (χ2v) is 11.8. The highest BCUT2D eigenvalue weighted by atomic mass is 19.1. The van der Waals surface area contributed by atoms with Crippen LogP contribution in [0.1, 0.15) is 52.6 Å². The van der Waals surface area contributed by atoms with Crippen molar-refractivity contribution in [1.82, 2.24) is 20.2 Å². The number of carbonyl (C=O) groups excluding carboxylic acids is 3. The number of fused-ring (bicyclic) bond motifs is 2. The predicted octanol–water partition coefficient (Wildman–Crippen LogP) is 4.33. The molecule has 1 aromatic heterocycles. The van der Waals surface area contributed by atoms with E-state index in [2.05, 4.69) is 10.4 Å². The number of quaternary nitrogens is 1. The second kappa shape index (κ2) is 15.0. The van der Waals surface area contributed by atoms with Gasteiger partial charge in [-0.05, 0) is 56.7 Å². The van der Waals surface area contributed by atoms with Crippen LogP contribution in [0, 0.1) is 5.82 Å². The van der Waals surface area contributed by atoms with Crippen LogP contribution < -0.4 is 10.3 Å². The third-order valence-electron chi connectivity index (χ3n) is 7.94. The van der Waals surface area contributed by atoms with Crippen LogP contribution in [0.4, 0.5) is 4.39 Å². The van der Waals surface area contributed by atoms with E-state index in [-0.39, 0.29) is 48.6 Å². The molecule has 49 heavy (non-hydrogen) atoms. The third kappa shape index (κ3) is 7.95. The van der Waals surface area contributed by atoms with Crippen LogP contribution >= 0.6 is 0 Å². The number of amides is 2. The Kier molecular flexibility index (Phi) is 10.7. The van der Waals surface area contributed by atoms with E-state index in [0.29, 0.717) is 22.3 Å². The molecular weight excluding hydrogens is 637 g/mol. The van der Waals surface area contributed by atoms with Crippen LogP contribution in [0.5, 0.6) is 11.5 Å². The van der Waals surface area contributed by atoms with Crippen molar-refractivity contribution in [2.75, 3.05) is 26.9 Å². The van der Waals surface area contributed by atoms with Gasteiger partial charge in [0.15, 0.2) is 17.5 Å². The molecule has 1 unspecified atom stereocenters. The Labute approximate surface area is 282 Å². The summed E-state index contributed by atoms with van der Waals surface area (Å²) in [7, 11) is 1.57. The minimum Gasteiger partial charge on any atom is -0.505 e. The summed E-state index contributed by atoms with van der Waals surface area (Å²) in [6, 6.07) is 16.5. The van der Waals surface area contributed by atoms with Gasteiger partial charge in [-0.3, -0.25) is 24.2 Å². The van der Waals surface area contributed by atoms with E-state index in [1.165, 1.54) is 35.1 Å². The van der Waals surface area contributed by atoms with E-state index in [1.54, 1.807) is 75.5 Å². The van der Waals surface area contributed by atoms with E-state index < -0.39 is 47.4 Å². The van der Waals surface area contributed by atoms with Gasteiger partial charge in [0.2, 0.25) is 0 Å². The van der Waals surface area contributed by atoms with E-state index in [9.17, 15) is 29.1 Å². The van der Waals surface area contributed by atoms with Gasteiger partial charge < -0.3 is 24.4 Å². The quantitative estimate of drug-likeness (QED) is 0.0763. The number of para-hydroxylation sites is 1. The predicted molar refractivity (Wildman–Crippen MR) is 174 cm³/mol.